The van der Waals surface area contributed by atoms with Crippen LogP contribution in [0.4, 0.5) is 4.39 Å². The second-order valence-electron chi connectivity index (χ2n) is 5.64. The number of thioether (sulfide) groups is 1. The minimum absolute atomic E-state index is 0.105. The van der Waals surface area contributed by atoms with E-state index in [9.17, 15) is 14.0 Å². The third kappa shape index (κ3) is 4.18. The molecule has 0 unspecified atom stereocenters. The molecule has 0 atom stereocenters. The first-order valence-electron chi connectivity index (χ1n) is 8.02. The van der Waals surface area contributed by atoms with E-state index in [0.29, 0.717) is 27.5 Å². The zero-order valence-electron chi connectivity index (χ0n) is 14.4. The summed E-state index contributed by atoms with van der Waals surface area (Å²) in [7, 11) is 1.61. The summed E-state index contributed by atoms with van der Waals surface area (Å²) < 4.78 is 14.6. The molecule has 3 rings (SSSR count). The molecule has 27 heavy (non-hydrogen) atoms. The normalized spacial score (nSPS) is 10.7. The molecule has 0 aliphatic rings. The summed E-state index contributed by atoms with van der Waals surface area (Å²) in [5.74, 6) is -0.452. The van der Waals surface area contributed by atoms with E-state index < -0.39 is 0 Å². The highest BCUT2D eigenvalue weighted by Crippen LogP contribution is 2.32. The zero-order chi connectivity index (χ0) is 19.4. The van der Waals surface area contributed by atoms with E-state index >= 15 is 0 Å². The molecule has 0 fully saturated rings. The molecule has 1 N–H and O–H groups in total. The predicted molar refractivity (Wildman–Crippen MR) is 104 cm³/mol. The van der Waals surface area contributed by atoms with Gasteiger partial charge in [0.15, 0.2) is 5.16 Å². The number of halogens is 1. The number of fused-ring (bicyclic) bond motifs is 1. The molecule has 0 spiro atoms. The second kappa shape index (κ2) is 8.33. The molecular formula is C18H15FN4O2S2. The Labute approximate surface area is 162 Å². The van der Waals surface area contributed by atoms with Crippen molar-refractivity contribution in [2.75, 3.05) is 12.3 Å². The Morgan fingerprint density at radius 3 is 2.85 bits per heavy atom. The maximum absolute atomic E-state index is 13.2. The molecule has 138 valence electrons. The van der Waals surface area contributed by atoms with E-state index in [1.165, 1.54) is 28.0 Å². The van der Waals surface area contributed by atoms with E-state index in [0.717, 1.165) is 17.3 Å². The van der Waals surface area contributed by atoms with Crippen molar-refractivity contribution in [1.82, 2.24) is 14.9 Å². The fourth-order valence-electron chi connectivity index (χ4n) is 2.46. The number of hydrogen-bond acceptors (Lipinski definition) is 6. The van der Waals surface area contributed by atoms with Crippen molar-refractivity contribution in [1.29, 1.82) is 5.26 Å². The Balaban J connectivity index is 1.87. The van der Waals surface area contributed by atoms with E-state index in [4.69, 9.17) is 5.26 Å². The van der Waals surface area contributed by atoms with Gasteiger partial charge in [0.05, 0.1) is 23.6 Å². The third-order valence-corrected chi connectivity index (χ3v) is 5.72. The summed E-state index contributed by atoms with van der Waals surface area (Å²) in [6.45, 7) is 0.299. The minimum atomic E-state index is -0.337. The molecule has 0 saturated carbocycles. The summed E-state index contributed by atoms with van der Waals surface area (Å²) in [5, 5.41) is 13.9. The molecule has 2 heterocycles. The molecule has 1 amide bonds. The third-order valence-electron chi connectivity index (χ3n) is 3.82. The predicted octanol–water partition coefficient (Wildman–Crippen LogP) is 2.92. The van der Waals surface area contributed by atoms with Gasteiger partial charge in [0.2, 0.25) is 5.91 Å². The van der Waals surface area contributed by atoms with Crippen molar-refractivity contribution in [3.8, 4) is 17.2 Å². The van der Waals surface area contributed by atoms with Crippen molar-refractivity contribution in [3.63, 3.8) is 0 Å². The molecule has 0 saturated heterocycles. The Morgan fingerprint density at radius 2 is 2.15 bits per heavy atom. The van der Waals surface area contributed by atoms with Gasteiger partial charge in [-0.1, -0.05) is 23.9 Å². The van der Waals surface area contributed by atoms with Crippen LogP contribution in [0.3, 0.4) is 0 Å². The van der Waals surface area contributed by atoms with Crippen molar-refractivity contribution in [3.05, 3.63) is 45.8 Å². The molecule has 1 aromatic carbocycles. The fourth-order valence-corrected chi connectivity index (χ4v) is 4.25. The number of aromatic nitrogens is 2. The van der Waals surface area contributed by atoms with Gasteiger partial charge < -0.3 is 5.32 Å². The second-order valence-corrected chi connectivity index (χ2v) is 7.44. The number of benzene rings is 1. The van der Waals surface area contributed by atoms with Gasteiger partial charge in [-0.15, -0.1) is 11.3 Å². The van der Waals surface area contributed by atoms with Crippen LogP contribution in [0.2, 0.25) is 0 Å². The first kappa shape index (κ1) is 19.1. The number of amides is 1. The van der Waals surface area contributed by atoms with Gasteiger partial charge in [0.25, 0.3) is 5.56 Å². The van der Waals surface area contributed by atoms with E-state index in [-0.39, 0.29) is 29.5 Å². The number of nitrogens with one attached hydrogen (secondary N) is 1. The van der Waals surface area contributed by atoms with Crippen LogP contribution >= 0.6 is 23.1 Å². The fraction of sp³-hybridized carbons (Fsp3) is 0.222. The number of nitrogens with zero attached hydrogens (tertiary/aromatic N) is 3. The Bertz CT molecular complexity index is 1080. The SMILES string of the molecule is Cn1c(SCC(=O)NCCC#N)nc2scc(-c3ccc(F)cc3)c2c1=O. The largest absolute Gasteiger partial charge is 0.354 e. The summed E-state index contributed by atoms with van der Waals surface area (Å²) >= 11 is 2.50. The van der Waals surface area contributed by atoms with Gasteiger partial charge in [0.1, 0.15) is 10.6 Å². The molecule has 0 aliphatic heterocycles. The highest BCUT2D eigenvalue weighted by Gasteiger charge is 2.16. The van der Waals surface area contributed by atoms with E-state index in [1.54, 1.807) is 19.2 Å². The first-order chi connectivity index (χ1) is 13.0. The lowest BCUT2D eigenvalue weighted by Crippen LogP contribution is -2.26. The highest BCUT2D eigenvalue weighted by atomic mass is 32.2. The number of thiophene rings is 1. The standard InChI is InChI=1S/C18H15FN4O2S2/c1-23-17(25)15-13(11-3-5-12(19)6-4-11)9-26-16(15)22-18(23)27-10-14(24)21-8-2-7-20/h3-6,9H,2,8,10H2,1H3,(H,21,24). The van der Waals surface area contributed by atoms with Crippen LogP contribution in [-0.2, 0) is 11.8 Å². The van der Waals surface area contributed by atoms with E-state index in [1.807, 2.05) is 11.4 Å². The van der Waals surface area contributed by atoms with Crippen LogP contribution in [0.25, 0.3) is 21.3 Å². The summed E-state index contributed by atoms with van der Waals surface area (Å²) in [6, 6.07) is 7.92. The number of carbonyl (C=O) groups is 1. The number of carbonyl (C=O) groups excluding carboxylic acids is 1. The zero-order valence-corrected chi connectivity index (χ0v) is 16.0. The summed E-state index contributed by atoms with van der Waals surface area (Å²) in [4.78, 5) is 29.7. The lowest BCUT2D eigenvalue weighted by Gasteiger charge is -2.08. The molecule has 2 aromatic heterocycles. The van der Waals surface area contributed by atoms with Crippen LogP contribution in [0.5, 0.6) is 0 Å². The minimum Gasteiger partial charge on any atom is -0.354 e. The van der Waals surface area contributed by atoms with Gasteiger partial charge in [-0.2, -0.15) is 5.26 Å². The smallest absolute Gasteiger partial charge is 0.263 e. The lowest BCUT2D eigenvalue weighted by atomic mass is 10.1. The Kier molecular flexibility index (Phi) is 5.88. The number of rotatable bonds is 6. The van der Waals surface area contributed by atoms with Crippen molar-refractivity contribution >= 4 is 39.2 Å². The first-order valence-corrected chi connectivity index (χ1v) is 9.88. The average Bonchev–Trinajstić information content (AvgIpc) is 3.08. The number of nitriles is 1. The summed E-state index contributed by atoms with van der Waals surface area (Å²) in [5.41, 5.74) is 1.25. The lowest BCUT2D eigenvalue weighted by molar-refractivity contribution is -0.118. The molecule has 0 radical (unpaired) electrons. The van der Waals surface area contributed by atoms with Gasteiger partial charge in [-0.05, 0) is 17.7 Å². The van der Waals surface area contributed by atoms with Crippen LogP contribution in [-0.4, -0.2) is 27.8 Å². The van der Waals surface area contributed by atoms with Crippen LogP contribution in [0.15, 0.2) is 39.6 Å². The molecule has 9 heteroatoms. The topological polar surface area (TPSA) is 87.8 Å². The summed E-state index contributed by atoms with van der Waals surface area (Å²) in [6.07, 6.45) is 0.250. The van der Waals surface area contributed by atoms with Crippen molar-refractivity contribution in [2.24, 2.45) is 7.05 Å². The quantitative estimate of drug-likeness (QED) is 0.389. The Hall–Kier alpha value is -2.70. The van der Waals surface area contributed by atoms with Gasteiger partial charge in [-0.3, -0.25) is 14.2 Å². The molecule has 0 aliphatic carbocycles. The average molecular weight is 402 g/mol. The maximum atomic E-state index is 13.2. The highest BCUT2D eigenvalue weighted by molar-refractivity contribution is 7.99. The van der Waals surface area contributed by atoms with Gasteiger partial charge in [0, 0.05) is 24.5 Å². The molecule has 0 bridgehead atoms. The van der Waals surface area contributed by atoms with Gasteiger partial charge >= 0.3 is 0 Å². The van der Waals surface area contributed by atoms with Crippen LogP contribution in [0, 0.1) is 17.1 Å². The van der Waals surface area contributed by atoms with Crippen LogP contribution < -0.4 is 10.9 Å². The van der Waals surface area contributed by atoms with Gasteiger partial charge in [-0.25, -0.2) is 9.37 Å². The van der Waals surface area contributed by atoms with E-state index in [2.05, 4.69) is 10.3 Å². The Morgan fingerprint density at radius 1 is 1.41 bits per heavy atom. The maximum Gasteiger partial charge on any atom is 0.263 e. The van der Waals surface area contributed by atoms with Crippen molar-refractivity contribution in [2.45, 2.75) is 11.6 Å². The molecular weight excluding hydrogens is 387 g/mol. The van der Waals surface area contributed by atoms with Crippen LogP contribution in [0.1, 0.15) is 6.42 Å². The monoisotopic (exact) mass is 402 g/mol. The molecule has 3 aromatic rings. The molecule has 6 nitrogen and oxygen atoms in total. The van der Waals surface area contributed by atoms with Crippen molar-refractivity contribution < 1.29 is 9.18 Å². The number of hydrogen-bond donors (Lipinski definition) is 1.